The third-order valence-electron chi connectivity index (χ3n) is 6.53. The van der Waals surface area contributed by atoms with Crippen LogP contribution in [0.3, 0.4) is 0 Å². The zero-order valence-electron chi connectivity index (χ0n) is 23.1. The molecule has 35 heavy (non-hydrogen) atoms. The SMILES string of the molecule is CC/C=C\C/C=C\C/C=C\C/C=C\C/C=C\CCC(CC)(CC)C(=O)Oc1c(C)cc(C)cc1C. The molecular weight excluding hydrogens is 428 g/mol. The van der Waals surface area contributed by atoms with Crippen LogP contribution in [0.4, 0.5) is 0 Å². The summed E-state index contributed by atoms with van der Waals surface area (Å²) in [7, 11) is 0. The molecule has 0 N–H and O–H groups in total. The van der Waals surface area contributed by atoms with Crippen molar-refractivity contribution in [3.8, 4) is 5.75 Å². The van der Waals surface area contributed by atoms with Gasteiger partial charge in [0.1, 0.15) is 5.75 Å². The first kappa shape index (κ1) is 30.4. The number of ether oxygens (including phenoxy) is 1. The van der Waals surface area contributed by atoms with E-state index in [-0.39, 0.29) is 5.97 Å². The molecule has 0 bridgehead atoms. The molecule has 1 rings (SSSR count). The van der Waals surface area contributed by atoms with E-state index in [1.54, 1.807) is 0 Å². The average molecular weight is 477 g/mol. The van der Waals surface area contributed by atoms with Crippen molar-refractivity contribution in [2.45, 2.75) is 99.3 Å². The first-order chi connectivity index (χ1) is 16.9. The Labute approximate surface area is 215 Å². The molecule has 0 fully saturated rings. The Kier molecular flexibility index (Phi) is 15.4. The summed E-state index contributed by atoms with van der Waals surface area (Å²) in [6.45, 7) is 12.4. The lowest BCUT2D eigenvalue weighted by molar-refractivity contribution is -0.147. The molecule has 1 aromatic carbocycles. The van der Waals surface area contributed by atoms with E-state index in [0.717, 1.165) is 74.7 Å². The maximum Gasteiger partial charge on any atom is 0.317 e. The molecule has 1 aromatic rings. The van der Waals surface area contributed by atoms with Crippen molar-refractivity contribution in [2.75, 3.05) is 0 Å². The van der Waals surface area contributed by atoms with Gasteiger partial charge in [0.15, 0.2) is 0 Å². The standard InChI is InChI=1S/C33H48O2/c1-7-10-11-12-13-14-15-16-17-18-19-20-21-22-23-24-25-33(8-2,9-3)32(34)35-31-29(5)26-28(4)27-30(31)6/h10-11,13-14,16-17,19-20,22-23,26-27H,7-9,12,15,18,21,24-25H2,1-6H3/b11-10-,14-13-,17-16-,20-19-,23-22-. The van der Waals surface area contributed by atoms with Gasteiger partial charge in [0.2, 0.25) is 0 Å². The number of esters is 1. The molecule has 0 aliphatic carbocycles. The van der Waals surface area contributed by atoms with Crippen LogP contribution in [0.25, 0.3) is 0 Å². The normalized spacial score (nSPS) is 12.9. The fourth-order valence-electron chi connectivity index (χ4n) is 4.25. The minimum atomic E-state index is -0.435. The molecule has 0 aliphatic rings. The predicted octanol–water partition coefficient (Wildman–Crippen LogP) is 9.86. The van der Waals surface area contributed by atoms with Gasteiger partial charge in [-0.05, 0) is 89.7 Å². The Hall–Kier alpha value is -2.61. The molecule has 0 radical (unpaired) electrons. The van der Waals surface area contributed by atoms with Gasteiger partial charge in [0.25, 0.3) is 0 Å². The van der Waals surface area contributed by atoms with Crippen molar-refractivity contribution in [2.24, 2.45) is 5.41 Å². The van der Waals surface area contributed by atoms with Gasteiger partial charge in [0.05, 0.1) is 5.41 Å². The second-order valence-corrected chi connectivity index (χ2v) is 9.35. The van der Waals surface area contributed by atoms with E-state index in [9.17, 15) is 4.79 Å². The Balaban J connectivity index is 2.44. The largest absolute Gasteiger partial charge is 0.426 e. The van der Waals surface area contributed by atoms with Gasteiger partial charge in [-0.15, -0.1) is 0 Å². The second-order valence-electron chi connectivity index (χ2n) is 9.35. The number of hydrogen-bond acceptors (Lipinski definition) is 2. The number of carbonyl (C=O) groups is 1. The summed E-state index contributed by atoms with van der Waals surface area (Å²) >= 11 is 0. The molecule has 0 amide bonds. The lowest BCUT2D eigenvalue weighted by atomic mass is 9.78. The van der Waals surface area contributed by atoms with Crippen LogP contribution in [0.15, 0.2) is 72.9 Å². The van der Waals surface area contributed by atoms with Crippen molar-refractivity contribution in [3.05, 3.63) is 89.6 Å². The highest BCUT2D eigenvalue weighted by Crippen LogP contribution is 2.36. The Bertz CT molecular complexity index is 869. The van der Waals surface area contributed by atoms with E-state index in [1.807, 2.05) is 13.8 Å². The number of carbonyl (C=O) groups excluding carboxylic acids is 1. The number of benzene rings is 1. The topological polar surface area (TPSA) is 26.3 Å². The van der Waals surface area contributed by atoms with Gasteiger partial charge in [-0.25, -0.2) is 0 Å². The van der Waals surface area contributed by atoms with E-state index in [2.05, 4.69) is 101 Å². The Morgan fingerprint density at radius 3 is 1.57 bits per heavy atom. The minimum Gasteiger partial charge on any atom is -0.426 e. The molecule has 0 spiro atoms. The third-order valence-corrected chi connectivity index (χ3v) is 6.53. The quantitative estimate of drug-likeness (QED) is 0.135. The first-order valence-corrected chi connectivity index (χ1v) is 13.4. The maximum atomic E-state index is 13.2. The van der Waals surface area contributed by atoms with E-state index >= 15 is 0 Å². The summed E-state index contributed by atoms with van der Waals surface area (Å²) in [5.41, 5.74) is 2.80. The van der Waals surface area contributed by atoms with Gasteiger partial charge in [-0.1, -0.05) is 99.2 Å². The lowest BCUT2D eigenvalue weighted by Crippen LogP contribution is -2.34. The van der Waals surface area contributed by atoms with Crippen molar-refractivity contribution in [1.82, 2.24) is 0 Å². The molecule has 2 nitrogen and oxygen atoms in total. The number of allylic oxidation sites excluding steroid dienone is 10. The molecule has 0 saturated heterocycles. The molecular formula is C33H48O2. The van der Waals surface area contributed by atoms with Gasteiger partial charge in [-0.3, -0.25) is 4.79 Å². The van der Waals surface area contributed by atoms with Crippen LogP contribution in [0.1, 0.15) is 95.2 Å². The van der Waals surface area contributed by atoms with E-state index < -0.39 is 5.41 Å². The molecule has 0 saturated carbocycles. The van der Waals surface area contributed by atoms with Gasteiger partial charge in [-0.2, -0.15) is 0 Å². The Morgan fingerprint density at radius 2 is 1.14 bits per heavy atom. The van der Waals surface area contributed by atoms with Crippen LogP contribution in [-0.2, 0) is 4.79 Å². The molecule has 192 valence electrons. The zero-order valence-corrected chi connectivity index (χ0v) is 23.1. The average Bonchev–Trinajstić information content (AvgIpc) is 2.83. The summed E-state index contributed by atoms with van der Waals surface area (Å²) < 4.78 is 5.97. The van der Waals surface area contributed by atoms with E-state index in [1.165, 1.54) is 5.56 Å². The van der Waals surface area contributed by atoms with E-state index in [4.69, 9.17) is 4.74 Å². The third kappa shape index (κ3) is 11.6. The molecule has 0 aromatic heterocycles. The molecule has 0 unspecified atom stereocenters. The summed E-state index contributed by atoms with van der Waals surface area (Å²) in [6.07, 6.45) is 30.4. The predicted molar refractivity (Wildman–Crippen MR) is 153 cm³/mol. The van der Waals surface area contributed by atoms with Gasteiger partial charge >= 0.3 is 5.97 Å². The van der Waals surface area contributed by atoms with Crippen molar-refractivity contribution in [3.63, 3.8) is 0 Å². The smallest absolute Gasteiger partial charge is 0.317 e. The molecule has 0 aliphatic heterocycles. The van der Waals surface area contributed by atoms with Crippen LogP contribution in [0.2, 0.25) is 0 Å². The van der Waals surface area contributed by atoms with E-state index in [0.29, 0.717) is 0 Å². The molecule has 0 heterocycles. The number of rotatable bonds is 16. The number of aryl methyl sites for hydroxylation is 3. The Morgan fingerprint density at radius 1 is 0.714 bits per heavy atom. The van der Waals surface area contributed by atoms with Crippen LogP contribution in [-0.4, -0.2) is 5.97 Å². The highest BCUT2D eigenvalue weighted by Gasteiger charge is 2.36. The summed E-state index contributed by atoms with van der Waals surface area (Å²) in [4.78, 5) is 13.2. The fourth-order valence-corrected chi connectivity index (χ4v) is 4.25. The van der Waals surface area contributed by atoms with Crippen molar-refractivity contribution < 1.29 is 9.53 Å². The first-order valence-electron chi connectivity index (χ1n) is 13.4. The lowest BCUT2D eigenvalue weighted by Gasteiger charge is -2.29. The zero-order chi connectivity index (χ0) is 25.9. The second kappa shape index (κ2) is 17.8. The molecule has 0 atom stereocenters. The van der Waals surface area contributed by atoms with Gasteiger partial charge < -0.3 is 4.74 Å². The summed E-state index contributed by atoms with van der Waals surface area (Å²) in [6, 6.07) is 4.15. The maximum absolute atomic E-state index is 13.2. The fraction of sp³-hybridized carbons (Fsp3) is 0.485. The summed E-state index contributed by atoms with van der Waals surface area (Å²) in [5, 5.41) is 0. The van der Waals surface area contributed by atoms with Crippen LogP contribution < -0.4 is 4.74 Å². The van der Waals surface area contributed by atoms with Crippen molar-refractivity contribution in [1.29, 1.82) is 0 Å². The van der Waals surface area contributed by atoms with Crippen LogP contribution >= 0.6 is 0 Å². The van der Waals surface area contributed by atoms with Crippen LogP contribution in [0, 0.1) is 26.2 Å². The molecule has 2 heteroatoms. The highest BCUT2D eigenvalue weighted by atomic mass is 16.5. The summed E-state index contributed by atoms with van der Waals surface area (Å²) in [5.74, 6) is 0.631. The number of hydrogen-bond donors (Lipinski definition) is 0. The van der Waals surface area contributed by atoms with Crippen LogP contribution in [0.5, 0.6) is 5.75 Å². The monoisotopic (exact) mass is 476 g/mol. The minimum absolute atomic E-state index is 0.0927. The highest BCUT2D eigenvalue weighted by molar-refractivity contribution is 5.79. The van der Waals surface area contributed by atoms with Crippen molar-refractivity contribution >= 4 is 5.97 Å². The van der Waals surface area contributed by atoms with Gasteiger partial charge in [0, 0.05) is 0 Å².